The summed E-state index contributed by atoms with van der Waals surface area (Å²) < 4.78 is 4.08. The molecular formula is C11H14N2S2. The summed E-state index contributed by atoms with van der Waals surface area (Å²) in [5.74, 6) is 0.704. The molecule has 4 heteroatoms. The van der Waals surface area contributed by atoms with Gasteiger partial charge in [-0.1, -0.05) is 12.2 Å². The Kier molecular flexibility index (Phi) is 4.11. The molecule has 0 N–H and O–H groups in total. The number of rotatable bonds is 3. The minimum atomic E-state index is 0.704. The third-order valence-corrected chi connectivity index (χ3v) is 3.83. The van der Waals surface area contributed by atoms with Crippen LogP contribution in [-0.2, 0) is 0 Å². The topological polar surface area (TPSA) is 16.1 Å². The fourth-order valence-corrected chi connectivity index (χ4v) is 2.90. The molecule has 0 saturated carbocycles. The Morgan fingerprint density at radius 3 is 2.60 bits per heavy atom. The van der Waals surface area contributed by atoms with Gasteiger partial charge in [0.1, 0.15) is 0 Å². The monoisotopic (exact) mass is 238 g/mol. The molecule has 2 nitrogen and oxygen atoms in total. The van der Waals surface area contributed by atoms with Crippen molar-refractivity contribution in [3.05, 3.63) is 30.1 Å². The molecule has 1 fully saturated rings. The number of pyridine rings is 1. The van der Waals surface area contributed by atoms with Crippen molar-refractivity contribution in [2.24, 2.45) is 0 Å². The maximum atomic E-state index is 4.84. The van der Waals surface area contributed by atoms with Crippen LogP contribution in [-0.4, -0.2) is 27.1 Å². The SMILES string of the molecule is S=CSN1CCC(c2ccncc2)CC1. The van der Waals surface area contributed by atoms with Crippen LogP contribution in [0.25, 0.3) is 0 Å². The summed E-state index contributed by atoms with van der Waals surface area (Å²) in [7, 11) is 0. The van der Waals surface area contributed by atoms with Crippen LogP contribution < -0.4 is 0 Å². The van der Waals surface area contributed by atoms with Crippen LogP contribution in [0.5, 0.6) is 0 Å². The van der Waals surface area contributed by atoms with E-state index in [1.54, 1.807) is 16.6 Å². The average molecular weight is 238 g/mol. The van der Waals surface area contributed by atoms with Gasteiger partial charge in [0.15, 0.2) is 0 Å². The lowest BCUT2D eigenvalue weighted by Gasteiger charge is -2.29. The summed E-state index contributed by atoms with van der Waals surface area (Å²) in [6, 6.07) is 4.26. The van der Waals surface area contributed by atoms with Crippen molar-refractivity contribution in [2.45, 2.75) is 18.8 Å². The molecule has 1 aliphatic rings. The average Bonchev–Trinajstić information content (AvgIpc) is 2.32. The summed E-state index contributed by atoms with van der Waals surface area (Å²) in [4.78, 5) is 4.05. The molecule has 2 heterocycles. The lowest BCUT2D eigenvalue weighted by molar-refractivity contribution is 0.348. The highest BCUT2D eigenvalue weighted by atomic mass is 32.2. The first kappa shape index (κ1) is 11.0. The van der Waals surface area contributed by atoms with Crippen molar-refractivity contribution < 1.29 is 0 Å². The van der Waals surface area contributed by atoms with E-state index in [-0.39, 0.29) is 0 Å². The van der Waals surface area contributed by atoms with Gasteiger partial charge in [0.05, 0.1) is 0 Å². The highest BCUT2D eigenvalue weighted by Crippen LogP contribution is 2.29. The van der Waals surface area contributed by atoms with E-state index in [2.05, 4.69) is 21.4 Å². The highest BCUT2D eigenvalue weighted by Gasteiger charge is 2.19. The van der Waals surface area contributed by atoms with Crippen LogP contribution in [0.15, 0.2) is 24.5 Å². The molecule has 15 heavy (non-hydrogen) atoms. The number of piperidine rings is 1. The molecule has 1 aromatic rings. The maximum absolute atomic E-state index is 4.84. The van der Waals surface area contributed by atoms with Crippen molar-refractivity contribution in [1.82, 2.24) is 9.29 Å². The number of thiocarbonyl (C=S) groups is 1. The van der Waals surface area contributed by atoms with Gasteiger partial charge >= 0.3 is 0 Å². The van der Waals surface area contributed by atoms with Gasteiger partial charge in [-0.2, -0.15) is 0 Å². The van der Waals surface area contributed by atoms with Gasteiger partial charge < -0.3 is 0 Å². The van der Waals surface area contributed by atoms with Crippen molar-refractivity contribution >= 4 is 28.9 Å². The molecule has 1 aromatic heterocycles. The standard InChI is InChI=1S/C11H14N2S2/c14-9-15-13-7-3-11(4-8-13)10-1-5-12-6-2-10/h1-2,5-6,9,11H,3-4,7-8H2. The Hall–Kier alpha value is -0.450. The van der Waals surface area contributed by atoms with E-state index in [1.165, 1.54) is 18.4 Å². The van der Waals surface area contributed by atoms with E-state index in [9.17, 15) is 0 Å². The molecule has 0 bridgehead atoms. The fraction of sp³-hybridized carbons (Fsp3) is 0.455. The number of nitrogens with zero attached hydrogens (tertiary/aromatic N) is 2. The molecule has 0 atom stereocenters. The zero-order chi connectivity index (χ0) is 10.5. The second kappa shape index (κ2) is 5.58. The van der Waals surface area contributed by atoms with E-state index in [0.29, 0.717) is 5.92 Å². The summed E-state index contributed by atoms with van der Waals surface area (Å²) in [6.07, 6.45) is 6.21. The number of hydrogen-bond donors (Lipinski definition) is 0. The lowest BCUT2D eigenvalue weighted by Crippen LogP contribution is -2.27. The third-order valence-electron chi connectivity index (χ3n) is 2.82. The minimum Gasteiger partial charge on any atom is -0.265 e. The van der Waals surface area contributed by atoms with Crippen molar-refractivity contribution in [2.75, 3.05) is 13.1 Å². The predicted octanol–water partition coefficient (Wildman–Crippen LogP) is 2.87. The van der Waals surface area contributed by atoms with Crippen molar-refractivity contribution in [3.63, 3.8) is 0 Å². The Morgan fingerprint density at radius 1 is 1.33 bits per heavy atom. The Labute approximate surface area is 100 Å². The zero-order valence-corrected chi connectivity index (χ0v) is 10.1. The van der Waals surface area contributed by atoms with Gasteiger partial charge in [0.25, 0.3) is 0 Å². The van der Waals surface area contributed by atoms with Gasteiger partial charge in [0, 0.05) is 30.2 Å². The van der Waals surface area contributed by atoms with Crippen molar-refractivity contribution in [1.29, 1.82) is 0 Å². The number of aromatic nitrogens is 1. The molecule has 0 unspecified atom stereocenters. The zero-order valence-electron chi connectivity index (χ0n) is 8.50. The van der Waals surface area contributed by atoms with E-state index in [4.69, 9.17) is 12.2 Å². The van der Waals surface area contributed by atoms with Crippen molar-refractivity contribution in [3.8, 4) is 0 Å². The minimum absolute atomic E-state index is 0.704. The maximum Gasteiger partial charge on any atom is 0.0499 e. The van der Waals surface area contributed by atoms with Crippen LogP contribution in [0.2, 0.25) is 0 Å². The summed E-state index contributed by atoms with van der Waals surface area (Å²) >= 11 is 6.50. The predicted molar refractivity (Wildman–Crippen MR) is 69.0 cm³/mol. The molecule has 2 rings (SSSR count). The smallest absolute Gasteiger partial charge is 0.0499 e. The largest absolute Gasteiger partial charge is 0.265 e. The van der Waals surface area contributed by atoms with Crippen LogP contribution in [0, 0.1) is 0 Å². The summed E-state index contributed by atoms with van der Waals surface area (Å²) in [6.45, 7) is 2.26. The normalized spacial score (nSPS) is 18.9. The van der Waals surface area contributed by atoms with E-state index < -0.39 is 0 Å². The molecule has 1 saturated heterocycles. The Morgan fingerprint density at radius 2 is 2.00 bits per heavy atom. The van der Waals surface area contributed by atoms with Gasteiger partial charge in [0.2, 0.25) is 0 Å². The summed E-state index contributed by atoms with van der Waals surface area (Å²) in [5.41, 5.74) is 1.43. The van der Waals surface area contributed by atoms with Crippen LogP contribution in [0.3, 0.4) is 0 Å². The van der Waals surface area contributed by atoms with E-state index in [0.717, 1.165) is 13.1 Å². The Bertz CT molecular complexity index is 308. The molecule has 80 valence electrons. The van der Waals surface area contributed by atoms with Gasteiger partial charge in [-0.25, -0.2) is 4.31 Å². The first-order valence-corrected chi connectivity index (χ1v) is 6.46. The lowest BCUT2D eigenvalue weighted by atomic mass is 9.91. The van der Waals surface area contributed by atoms with Crippen LogP contribution in [0.4, 0.5) is 0 Å². The highest BCUT2D eigenvalue weighted by molar-refractivity contribution is 8.19. The molecule has 0 aliphatic carbocycles. The van der Waals surface area contributed by atoms with E-state index >= 15 is 0 Å². The van der Waals surface area contributed by atoms with Gasteiger partial charge in [-0.3, -0.25) is 4.98 Å². The fourth-order valence-electron chi connectivity index (χ4n) is 1.99. The van der Waals surface area contributed by atoms with E-state index in [1.807, 2.05) is 12.4 Å². The first-order valence-electron chi connectivity index (χ1n) is 5.15. The third kappa shape index (κ3) is 3.00. The Balaban J connectivity index is 1.91. The molecule has 0 radical (unpaired) electrons. The van der Waals surface area contributed by atoms with Gasteiger partial charge in [-0.05, 0) is 48.4 Å². The summed E-state index contributed by atoms with van der Waals surface area (Å²) in [5, 5.41) is 0. The second-order valence-corrected chi connectivity index (χ2v) is 5.18. The molecule has 0 aromatic carbocycles. The molecule has 0 amide bonds. The molecule has 1 aliphatic heterocycles. The number of hydrogen-bond acceptors (Lipinski definition) is 4. The molecule has 0 spiro atoms. The quantitative estimate of drug-likeness (QED) is 0.594. The molecular weight excluding hydrogens is 224 g/mol. The first-order chi connectivity index (χ1) is 7.40. The second-order valence-electron chi connectivity index (χ2n) is 3.69. The van der Waals surface area contributed by atoms with Crippen LogP contribution >= 0.6 is 24.2 Å². The van der Waals surface area contributed by atoms with Gasteiger partial charge in [-0.15, -0.1) is 0 Å². The van der Waals surface area contributed by atoms with Crippen LogP contribution in [0.1, 0.15) is 24.3 Å².